The van der Waals surface area contributed by atoms with Crippen molar-refractivity contribution in [1.29, 1.82) is 0 Å². The van der Waals surface area contributed by atoms with Gasteiger partial charge in [0.15, 0.2) is 0 Å². The lowest BCUT2D eigenvalue weighted by Crippen LogP contribution is -2.50. The lowest BCUT2D eigenvalue weighted by Gasteiger charge is -2.37. The van der Waals surface area contributed by atoms with Crippen molar-refractivity contribution in [2.45, 2.75) is 58.0 Å². The first-order valence-corrected chi connectivity index (χ1v) is 7.92. The Kier molecular flexibility index (Phi) is 5.55. The minimum absolute atomic E-state index is 0.216. The van der Waals surface area contributed by atoms with Gasteiger partial charge in [0.05, 0.1) is 0 Å². The molecule has 1 N–H and O–H groups in total. The maximum absolute atomic E-state index is 4.09. The highest BCUT2D eigenvalue weighted by Crippen LogP contribution is 2.17. The molecule has 0 spiro atoms. The average Bonchev–Trinajstić information content (AvgIpc) is 2.44. The van der Waals surface area contributed by atoms with E-state index in [0.29, 0.717) is 6.04 Å². The van der Waals surface area contributed by atoms with Crippen LogP contribution in [0.1, 0.15) is 45.6 Å². The summed E-state index contributed by atoms with van der Waals surface area (Å²) in [6.07, 6.45) is 8.98. The summed E-state index contributed by atoms with van der Waals surface area (Å²) >= 11 is 0. The molecule has 0 aromatic carbocycles. The van der Waals surface area contributed by atoms with Crippen molar-refractivity contribution in [2.24, 2.45) is 0 Å². The summed E-state index contributed by atoms with van der Waals surface area (Å²) in [5.41, 5.74) is 1.61. The van der Waals surface area contributed by atoms with Crippen molar-refractivity contribution in [2.75, 3.05) is 19.6 Å². The molecule has 0 amide bonds. The van der Waals surface area contributed by atoms with Crippen LogP contribution in [0.4, 0.5) is 0 Å². The molecule has 1 unspecified atom stereocenters. The van der Waals surface area contributed by atoms with Crippen LogP contribution in [-0.4, -0.2) is 41.1 Å². The van der Waals surface area contributed by atoms with E-state index in [4.69, 9.17) is 0 Å². The number of aromatic nitrogens is 1. The largest absolute Gasteiger partial charge is 0.311 e. The molecule has 2 rings (SSSR count). The summed E-state index contributed by atoms with van der Waals surface area (Å²) in [7, 11) is 0. The number of nitrogens with zero attached hydrogens (tertiary/aromatic N) is 2. The van der Waals surface area contributed by atoms with Gasteiger partial charge in [-0.1, -0.05) is 6.42 Å². The van der Waals surface area contributed by atoms with Crippen molar-refractivity contribution in [3.8, 4) is 0 Å². The number of likely N-dealkylation sites (tertiary alicyclic amines) is 1. The highest BCUT2D eigenvalue weighted by molar-refractivity contribution is 5.10. The number of piperidine rings is 1. The van der Waals surface area contributed by atoms with Gasteiger partial charge >= 0.3 is 0 Å². The van der Waals surface area contributed by atoms with Gasteiger partial charge < -0.3 is 5.32 Å². The van der Waals surface area contributed by atoms with Crippen LogP contribution in [0.2, 0.25) is 0 Å². The second-order valence-electron chi connectivity index (χ2n) is 6.92. The van der Waals surface area contributed by atoms with E-state index in [0.717, 1.165) is 13.0 Å². The van der Waals surface area contributed by atoms with Crippen LogP contribution >= 0.6 is 0 Å². The zero-order chi connectivity index (χ0) is 14.4. The maximum atomic E-state index is 4.09. The molecule has 1 aliphatic heterocycles. The Bertz CT molecular complexity index is 383. The highest BCUT2D eigenvalue weighted by Gasteiger charge is 2.23. The molecule has 0 bridgehead atoms. The van der Waals surface area contributed by atoms with Gasteiger partial charge in [0, 0.05) is 37.1 Å². The fourth-order valence-electron chi connectivity index (χ4n) is 2.83. The molecule has 0 aliphatic carbocycles. The van der Waals surface area contributed by atoms with Crippen LogP contribution in [0.3, 0.4) is 0 Å². The Labute approximate surface area is 123 Å². The summed E-state index contributed by atoms with van der Waals surface area (Å²) in [6, 6.07) is 4.96. The van der Waals surface area contributed by atoms with Crippen molar-refractivity contribution < 1.29 is 0 Å². The van der Waals surface area contributed by atoms with E-state index in [1.165, 1.54) is 37.9 Å². The van der Waals surface area contributed by atoms with E-state index < -0.39 is 0 Å². The van der Waals surface area contributed by atoms with Gasteiger partial charge in [-0.15, -0.1) is 0 Å². The second kappa shape index (κ2) is 7.19. The first kappa shape index (κ1) is 15.5. The van der Waals surface area contributed by atoms with Crippen molar-refractivity contribution >= 4 is 0 Å². The standard InChI is InChI=1S/C17H29N3/c1-17(2,3)19-14-16-6-4-5-12-20(16)13-9-15-7-10-18-11-8-15/h7-8,10-11,16,19H,4-6,9,12-14H2,1-3H3. The number of pyridine rings is 1. The molecule has 0 radical (unpaired) electrons. The predicted octanol–water partition coefficient (Wildman–Crippen LogP) is 2.87. The molecule has 3 nitrogen and oxygen atoms in total. The third-order valence-corrected chi connectivity index (χ3v) is 4.05. The molecular weight excluding hydrogens is 246 g/mol. The third-order valence-electron chi connectivity index (χ3n) is 4.05. The summed E-state index contributed by atoms with van der Waals surface area (Å²) < 4.78 is 0. The van der Waals surface area contributed by atoms with Crippen molar-refractivity contribution in [3.05, 3.63) is 30.1 Å². The first-order valence-electron chi connectivity index (χ1n) is 7.92. The summed E-state index contributed by atoms with van der Waals surface area (Å²) in [6.45, 7) is 10.3. The van der Waals surface area contributed by atoms with Gasteiger partial charge in [-0.25, -0.2) is 0 Å². The molecule has 2 heterocycles. The molecule has 3 heteroatoms. The molecule has 1 atom stereocenters. The maximum Gasteiger partial charge on any atom is 0.0270 e. The molecule has 0 saturated carbocycles. The lowest BCUT2D eigenvalue weighted by atomic mass is 9.99. The zero-order valence-corrected chi connectivity index (χ0v) is 13.2. The smallest absolute Gasteiger partial charge is 0.0270 e. The van der Waals surface area contributed by atoms with Gasteiger partial charge in [-0.2, -0.15) is 0 Å². The molecule has 1 aliphatic rings. The van der Waals surface area contributed by atoms with Gasteiger partial charge in [-0.05, 0) is 64.3 Å². The molecule has 20 heavy (non-hydrogen) atoms. The van der Waals surface area contributed by atoms with E-state index in [2.05, 4.69) is 48.1 Å². The van der Waals surface area contributed by atoms with Crippen LogP contribution in [0.25, 0.3) is 0 Å². The Morgan fingerprint density at radius 2 is 2.00 bits per heavy atom. The van der Waals surface area contributed by atoms with Crippen molar-refractivity contribution in [3.63, 3.8) is 0 Å². The SMILES string of the molecule is CC(C)(C)NCC1CCCCN1CCc1ccncc1. The molecule has 1 saturated heterocycles. The van der Waals surface area contributed by atoms with Gasteiger partial charge in [0.25, 0.3) is 0 Å². The number of hydrogen-bond acceptors (Lipinski definition) is 3. The summed E-state index contributed by atoms with van der Waals surface area (Å²) in [5, 5.41) is 3.67. The number of rotatable bonds is 5. The lowest BCUT2D eigenvalue weighted by molar-refractivity contribution is 0.140. The topological polar surface area (TPSA) is 28.2 Å². The van der Waals surface area contributed by atoms with E-state index in [1.807, 2.05) is 12.4 Å². The zero-order valence-electron chi connectivity index (χ0n) is 13.2. The van der Waals surface area contributed by atoms with E-state index in [-0.39, 0.29) is 5.54 Å². The number of nitrogens with one attached hydrogen (secondary N) is 1. The molecular formula is C17H29N3. The minimum Gasteiger partial charge on any atom is -0.311 e. The minimum atomic E-state index is 0.216. The quantitative estimate of drug-likeness (QED) is 0.895. The van der Waals surface area contributed by atoms with E-state index in [9.17, 15) is 0 Å². The van der Waals surface area contributed by atoms with Crippen LogP contribution in [-0.2, 0) is 6.42 Å². The Hall–Kier alpha value is -0.930. The summed E-state index contributed by atoms with van der Waals surface area (Å²) in [5.74, 6) is 0. The van der Waals surface area contributed by atoms with Gasteiger partial charge in [0.2, 0.25) is 0 Å². The fourth-order valence-corrected chi connectivity index (χ4v) is 2.83. The first-order chi connectivity index (χ1) is 9.54. The van der Waals surface area contributed by atoms with E-state index >= 15 is 0 Å². The normalized spacial score (nSPS) is 21.1. The van der Waals surface area contributed by atoms with Gasteiger partial charge in [-0.3, -0.25) is 9.88 Å². The molecule has 1 aromatic rings. The van der Waals surface area contributed by atoms with Crippen LogP contribution in [0.15, 0.2) is 24.5 Å². The predicted molar refractivity (Wildman–Crippen MR) is 84.9 cm³/mol. The Balaban J connectivity index is 1.83. The van der Waals surface area contributed by atoms with Crippen LogP contribution in [0, 0.1) is 0 Å². The Morgan fingerprint density at radius 1 is 1.25 bits per heavy atom. The summed E-state index contributed by atoms with van der Waals surface area (Å²) in [4.78, 5) is 6.76. The number of hydrogen-bond donors (Lipinski definition) is 1. The monoisotopic (exact) mass is 275 g/mol. The fraction of sp³-hybridized carbons (Fsp3) is 0.706. The van der Waals surface area contributed by atoms with Crippen LogP contribution in [0.5, 0.6) is 0 Å². The van der Waals surface area contributed by atoms with Gasteiger partial charge in [0.1, 0.15) is 0 Å². The van der Waals surface area contributed by atoms with E-state index in [1.54, 1.807) is 0 Å². The second-order valence-corrected chi connectivity index (χ2v) is 6.92. The average molecular weight is 275 g/mol. The molecule has 112 valence electrons. The highest BCUT2D eigenvalue weighted by atomic mass is 15.2. The third kappa shape index (κ3) is 5.22. The Morgan fingerprint density at radius 3 is 2.70 bits per heavy atom. The molecule has 1 aromatic heterocycles. The van der Waals surface area contributed by atoms with Crippen molar-refractivity contribution in [1.82, 2.24) is 15.2 Å². The van der Waals surface area contributed by atoms with Crippen LogP contribution < -0.4 is 5.32 Å². The molecule has 1 fully saturated rings.